The predicted molar refractivity (Wildman–Crippen MR) is 43.1 cm³/mol. The average Bonchev–Trinajstić information content (AvgIpc) is 2.47. The summed E-state index contributed by atoms with van der Waals surface area (Å²) in [4.78, 5) is 14.8. The summed E-state index contributed by atoms with van der Waals surface area (Å²) in [6.45, 7) is 1.84. The maximum Gasteiger partial charge on any atom is 0.291 e. The minimum Gasteiger partial charge on any atom is -0.549 e. The molecule has 2 heterocycles. The van der Waals surface area contributed by atoms with E-state index in [-0.39, 0.29) is 6.42 Å². The monoisotopic (exact) mass is 192 g/mol. The van der Waals surface area contributed by atoms with Crippen molar-refractivity contribution in [1.29, 1.82) is 0 Å². The number of esters is 1. The van der Waals surface area contributed by atoms with E-state index in [4.69, 9.17) is 0 Å². The Morgan fingerprint density at radius 2 is 2.43 bits per heavy atom. The summed E-state index contributed by atoms with van der Waals surface area (Å²) in [6, 6.07) is 1.75. The Balaban J connectivity index is 2.36. The summed E-state index contributed by atoms with van der Waals surface area (Å²) in [7, 11) is 0. The molecule has 0 saturated carbocycles. The van der Waals surface area contributed by atoms with Gasteiger partial charge < -0.3 is 9.84 Å². The summed E-state index contributed by atoms with van der Waals surface area (Å²) in [5.41, 5.74) is 1.15. The second kappa shape index (κ2) is 3.10. The minimum absolute atomic E-state index is 0.00818. The van der Waals surface area contributed by atoms with E-state index in [9.17, 15) is 9.90 Å². The molecule has 0 fully saturated rings. The van der Waals surface area contributed by atoms with Crippen LogP contribution < -0.4 is 9.67 Å². The van der Waals surface area contributed by atoms with Gasteiger partial charge in [-0.05, 0) is 0 Å². The molecule has 0 bridgehead atoms. The normalized spacial score (nSPS) is 15.9. The van der Waals surface area contributed by atoms with Crippen molar-refractivity contribution in [2.75, 3.05) is 0 Å². The first-order valence-corrected chi connectivity index (χ1v) is 4.12. The fourth-order valence-corrected chi connectivity index (χ4v) is 1.19. The Hall–Kier alpha value is -1.91. The van der Waals surface area contributed by atoms with Gasteiger partial charge in [-0.2, -0.15) is 0 Å². The maximum atomic E-state index is 11.1. The third-order valence-corrected chi connectivity index (χ3v) is 1.93. The summed E-state index contributed by atoms with van der Waals surface area (Å²) in [5.74, 6) is -1.11. The molecular formula is C9H8N2O3. The molecule has 0 N–H and O–H groups in total. The van der Waals surface area contributed by atoms with Crippen LogP contribution >= 0.6 is 0 Å². The number of rotatable bonds is 1. The average molecular weight is 192 g/mol. The van der Waals surface area contributed by atoms with Crippen molar-refractivity contribution in [3.05, 3.63) is 30.2 Å². The number of ether oxygens (including phenoxy) is 1. The van der Waals surface area contributed by atoms with Crippen LogP contribution in [0.15, 0.2) is 24.5 Å². The lowest BCUT2D eigenvalue weighted by molar-refractivity contribution is -0.591. The van der Waals surface area contributed by atoms with Gasteiger partial charge in [0.15, 0.2) is 5.69 Å². The zero-order valence-electron chi connectivity index (χ0n) is 7.56. The highest BCUT2D eigenvalue weighted by molar-refractivity contribution is 5.82. The summed E-state index contributed by atoms with van der Waals surface area (Å²) in [5, 5.41) is 11.1. The van der Waals surface area contributed by atoms with Gasteiger partial charge in [0, 0.05) is 13.0 Å². The molecule has 0 aliphatic carbocycles. The van der Waals surface area contributed by atoms with Crippen molar-refractivity contribution < 1.29 is 19.2 Å². The van der Waals surface area contributed by atoms with Gasteiger partial charge in [0.25, 0.3) is 6.33 Å². The lowest BCUT2D eigenvalue weighted by Gasteiger charge is -2.03. The predicted octanol–water partition coefficient (Wildman–Crippen LogP) is -0.889. The van der Waals surface area contributed by atoms with E-state index < -0.39 is 11.9 Å². The zero-order valence-corrected chi connectivity index (χ0v) is 7.56. The van der Waals surface area contributed by atoms with Crippen LogP contribution in [0.1, 0.15) is 12.1 Å². The number of carbonyl (C=O) groups is 1. The zero-order chi connectivity index (χ0) is 10.1. The molecule has 14 heavy (non-hydrogen) atoms. The van der Waals surface area contributed by atoms with E-state index in [0.717, 1.165) is 5.69 Å². The first-order valence-electron chi connectivity index (χ1n) is 4.12. The first kappa shape index (κ1) is 8.68. The lowest BCUT2D eigenvalue weighted by Crippen LogP contribution is -2.33. The quantitative estimate of drug-likeness (QED) is 0.427. The molecule has 72 valence electrons. The first-order chi connectivity index (χ1) is 6.66. The van der Waals surface area contributed by atoms with Crippen molar-refractivity contribution in [2.45, 2.75) is 13.3 Å². The molecule has 0 saturated heterocycles. The number of nitrogens with zero attached hydrogens (tertiary/aromatic N) is 2. The molecule has 0 amide bonds. The van der Waals surface area contributed by atoms with E-state index in [1.54, 1.807) is 12.3 Å². The van der Waals surface area contributed by atoms with E-state index >= 15 is 0 Å². The van der Waals surface area contributed by atoms with Crippen LogP contribution in [-0.4, -0.2) is 11.0 Å². The van der Waals surface area contributed by atoms with E-state index in [0.29, 0.717) is 5.70 Å². The highest BCUT2D eigenvalue weighted by Crippen LogP contribution is 2.14. The third kappa shape index (κ3) is 1.44. The molecule has 2 rings (SSSR count). The summed E-state index contributed by atoms with van der Waals surface area (Å²) >= 11 is 0. The van der Waals surface area contributed by atoms with E-state index in [2.05, 4.69) is 9.72 Å². The van der Waals surface area contributed by atoms with Crippen LogP contribution in [-0.2, 0) is 9.53 Å². The van der Waals surface area contributed by atoms with E-state index in [1.807, 2.05) is 6.92 Å². The summed E-state index contributed by atoms with van der Waals surface area (Å²) in [6.07, 6.45) is 3.18. The number of cyclic esters (lactones) is 1. The van der Waals surface area contributed by atoms with Crippen LogP contribution in [0.5, 0.6) is 0 Å². The highest BCUT2D eigenvalue weighted by atomic mass is 16.6. The third-order valence-electron chi connectivity index (χ3n) is 1.93. The van der Waals surface area contributed by atoms with Crippen molar-refractivity contribution in [3.63, 3.8) is 0 Å². The molecule has 5 nitrogen and oxygen atoms in total. The standard InChI is InChI=1S/C9H8N2O3/c1-6-2-3-11(5-10-6)7-4-8(12)14-9(7)13/h2-3,5H,4H2,1H3. The minimum atomic E-state index is -0.592. The number of aryl methyl sites for hydroxylation is 1. The van der Waals surface area contributed by atoms with Crippen LogP contribution in [0, 0.1) is 6.92 Å². The molecule has 0 unspecified atom stereocenters. The number of hydrogen-bond acceptors (Lipinski definition) is 4. The Kier molecular flexibility index (Phi) is 1.92. The SMILES string of the molecule is Cc1cc[n+](C2=C([O-])OC(=O)C2)cn1. The van der Waals surface area contributed by atoms with Gasteiger partial charge in [0.1, 0.15) is 11.6 Å². The smallest absolute Gasteiger partial charge is 0.291 e. The Bertz CT molecular complexity index is 409. The van der Waals surface area contributed by atoms with Gasteiger partial charge in [-0.25, -0.2) is 4.57 Å². The van der Waals surface area contributed by atoms with Crippen LogP contribution in [0.3, 0.4) is 0 Å². The fourth-order valence-electron chi connectivity index (χ4n) is 1.19. The van der Waals surface area contributed by atoms with E-state index in [1.165, 1.54) is 10.9 Å². The molecule has 5 heteroatoms. The molecule has 0 aromatic carbocycles. The van der Waals surface area contributed by atoms with Crippen molar-refractivity contribution in [2.24, 2.45) is 0 Å². The van der Waals surface area contributed by atoms with Gasteiger partial charge in [-0.3, -0.25) is 4.79 Å². The number of hydrogen-bond donors (Lipinski definition) is 0. The van der Waals surface area contributed by atoms with Gasteiger partial charge in [-0.1, -0.05) is 4.98 Å². The van der Waals surface area contributed by atoms with Crippen molar-refractivity contribution >= 4 is 11.7 Å². The van der Waals surface area contributed by atoms with Gasteiger partial charge >= 0.3 is 0 Å². The van der Waals surface area contributed by atoms with Gasteiger partial charge in [0.05, 0.1) is 12.6 Å². The van der Waals surface area contributed by atoms with Gasteiger partial charge in [-0.15, -0.1) is 0 Å². The number of carbonyl (C=O) groups excluding carboxylic acids is 1. The number of aromatic nitrogens is 2. The molecule has 1 aromatic heterocycles. The van der Waals surface area contributed by atoms with Crippen LogP contribution in [0.25, 0.3) is 5.70 Å². The highest BCUT2D eigenvalue weighted by Gasteiger charge is 2.19. The maximum absolute atomic E-state index is 11.1. The van der Waals surface area contributed by atoms with Gasteiger partial charge in [0.2, 0.25) is 5.97 Å². The molecule has 0 atom stereocenters. The molecule has 0 spiro atoms. The Morgan fingerprint density at radius 3 is 2.93 bits per heavy atom. The van der Waals surface area contributed by atoms with Crippen molar-refractivity contribution in [3.8, 4) is 0 Å². The molecule has 1 aliphatic heterocycles. The molecular weight excluding hydrogens is 184 g/mol. The molecule has 1 aromatic rings. The second-order valence-electron chi connectivity index (χ2n) is 2.99. The summed E-state index contributed by atoms with van der Waals surface area (Å²) < 4.78 is 5.90. The topological polar surface area (TPSA) is 66.1 Å². The Labute approximate surface area is 80.3 Å². The largest absolute Gasteiger partial charge is 0.549 e. The van der Waals surface area contributed by atoms with Crippen LogP contribution in [0.4, 0.5) is 0 Å². The van der Waals surface area contributed by atoms with Crippen LogP contribution in [0.2, 0.25) is 0 Å². The molecule has 0 radical (unpaired) electrons. The fraction of sp³-hybridized carbons (Fsp3) is 0.222. The molecule has 1 aliphatic rings. The van der Waals surface area contributed by atoms with Crippen molar-refractivity contribution in [1.82, 2.24) is 4.98 Å². The second-order valence-corrected chi connectivity index (χ2v) is 2.99. The lowest BCUT2D eigenvalue weighted by atomic mass is 10.3. The Morgan fingerprint density at radius 1 is 1.64 bits per heavy atom.